The van der Waals surface area contributed by atoms with E-state index < -0.39 is 0 Å². The largest absolute Gasteiger partial charge is 0.337 e. The molecule has 0 aromatic carbocycles. The van der Waals surface area contributed by atoms with E-state index in [-0.39, 0.29) is 16.9 Å². The first kappa shape index (κ1) is 13.9. The highest BCUT2D eigenvalue weighted by atomic mass is 16.2. The highest BCUT2D eigenvalue weighted by molar-refractivity contribution is 5.83. The lowest BCUT2D eigenvalue weighted by atomic mass is 10.0. The van der Waals surface area contributed by atoms with Crippen molar-refractivity contribution in [2.45, 2.75) is 66.0 Å². The van der Waals surface area contributed by atoms with Gasteiger partial charge in [0.25, 0.3) is 0 Å². The van der Waals surface area contributed by atoms with Gasteiger partial charge in [-0.2, -0.15) is 0 Å². The van der Waals surface area contributed by atoms with Crippen molar-refractivity contribution in [3.63, 3.8) is 0 Å². The number of carbonyl (C=O) groups excluding carboxylic acids is 1. The minimum absolute atomic E-state index is 0.0610. The molecule has 1 aliphatic heterocycles. The zero-order valence-electron chi connectivity index (χ0n) is 12.5. The molecular weight excluding hydrogens is 224 g/mol. The molecule has 0 radical (unpaired) electrons. The summed E-state index contributed by atoms with van der Waals surface area (Å²) in [6.45, 7) is 13.2. The smallest absolute Gasteiger partial charge is 0.239 e. The maximum Gasteiger partial charge on any atom is 0.239 e. The Bertz CT molecular complexity index is 321. The molecule has 1 atom stereocenters. The molecule has 1 aliphatic carbocycles. The lowest BCUT2D eigenvalue weighted by molar-refractivity contribution is -0.137. The van der Waals surface area contributed by atoms with Crippen LogP contribution < -0.4 is 5.32 Å². The van der Waals surface area contributed by atoms with Gasteiger partial charge in [0, 0.05) is 12.6 Å². The molecule has 18 heavy (non-hydrogen) atoms. The van der Waals surface area contributed by atoms with Crippen LogP contribution in [0.3, 0.4) is 0 Å². The van der Waals surface area contributed by atoms with Crippen LogP contribution in [0.5, 0.6) is 0 Å². The SMILES string of the molecule is CCCNC1CCCN(C2C(C)(C)C2(C)C)C1=O. The summed E-state index contributed by atoms with van der Waals surface area (Å²) in [5.74, 6) is 0.332. The van der Waals surface area contributed by atoms with Gasteiger partial charge in [-0.25, -0.2) is 0 Å². The summed E-state index contributed by atoms with van der Waals surface area (Å²) in [6, 6.07) is 0.481. The Hall–Kier alpha value is -0.570. The van der Waals surface area contributed by atoms with E-state index in [2.05, 4.69) is 44.8 Å². The number of hydrogen-bond donors (Lipinski definition) is 1. The molecule has 2 rings (SSSR count). The van der Waals surface area contributed by atoms with E-state index in [1.165, 1.54) is 0 Å². The fourth-order valence-corrected chi connectivity index (χ4v) is 3.60. The first-order valence-corrected chi connectivity index (χ1v) is 7.38. The fraction of sp³-hybridized carbons (Fsp3) is 0.933. The second-order valence-corrected chi connectivity index (χ2v) is 7.03. The molecule has 3 heteroatoms. The quantitative estimate of drug-likeness (QED) is 0.833. The van der Waals surface area contributed by atoms with E-state index >= 15 is 0 Å². The summed E-state index contributed by atoms with van der Waals surface area (Å²) in [5, 5.41) is 3.40. The number of nitrogens with one attached hydrogen (secondary N) is 1. The Morgan fingerprint density at radius 3 is 2.39 bits per heavy atom. The van der Waals surface area contributed by atoms with Crippen molar-refractivity contribution in [2.75, 3.05) is 13.1 Å². The molecule has 1 N–H and O–H groups in total. The van der Waals surface area contributed by atoms with Crippen molar-refractivity contribution in [3.05, 3.63) is 0 Å². The predicted octanol–water partition coefficient (Wildman–Crippen LogP) is 2.41. The van der Waals surface area contributed by atoms with Gasteiger partial charge in [-0.15, -0.1) is 0 Å². The third kappa shape index (κ3) is 1.97. The molecule has 2 aliphatic rings. The number of amides is 1. The molecule has 2 fully saturated rings. The fourth-order valence-electron chi connectivity index (χ4n) is 3.60. The van der Waals surface area contributed by atoms with Crippen molar-refractivity contribution in [2.24, 2.45) is 10.8 Å². The van der Waals surface area contributed by atoms with Gasteiger partial charge in [0.2, 0.25) is 5.91 Å². The number of rotatable bonds is 4. The van der Waals surface area contributed by atoms with Crippen LogP contribution in [0.1, 0.15) is 53.9 Å². The van der Waals surface area contributed by atoms with Crippen molar-refractivity contribution in [1.29, 1.82) is 0 Å². The number of carbonyl (C=O) groups is 1. The van der Waals surface area contributed by atoms with Crippen molar-refractivity contribution < 1.29 is 4.79 Å². The third-order valence-electron chi connectivity index (χ3n) is 5.37. The average Bonchev–Trinajstić information content (AvgIpc) is 2.69. The average molecular weight is 252 g/mol. The number of piperidine rings is 1. The molecule has 1 unspecified atom stereocenters. The minimum atomic E-state index is 0.0610. The van der Waals surface area contributed by atoms with E-state index in [9.17, 15) is 4.79 Å². The second kappa shape index (κ2) is 4.52. The molecule has 0 aromatic rings. The normalized spacial score (nSPS) is 30.6. The maximum atomic E-state index is 12.6. The van der Waals surface area contributed by atoms with Crippen molar-refractivity contribution in [1.82, 2.24) is 10.2 Å². The molecule has 3 nitrogen and oxygen atoms in total. The summed E-state index contributed by atoms with van der Waals surface area (Å²) in [5.41, 5.74) is 0.518. The van der Waals surface area contributed by atoms with Gasteiger partial charge >= 0.3 is 0 Å². The van der Waals surface area contributed by atoms with Gasteiger partial charge in [0.15, 0.2) is 0 Å². The van der Waals surface area contributed by atoms with E-state index in [1.54, 1.807) is 0 Å². The zero-order chi connectivity index (χ0) is 13.6. The molecule has 0 spiro atoms. The van der Waals surface area contributed by atoms with Gasteiger partial charge < -0.3 is 10.2 Å². The van der Waals surface area contributed by atoms with E-state index in [0.717, 1.165) is 32.4 Å². The van der Waals surface area contributed by atoms with E-state index in [1.807, 2.05) is 0 Å². The second-order valence-electron chi connectivity index (χ2n) is 7.03. The molecule has 1 saturated heterocycles. The van der Waals surface area contributed by atoms with Crippen LogP contribution in [0.15, 0.2) is 0 Å². The Kier molecular flexibility index (Phi) is 3.48. The summed E-state index contributed by atoms with van der Waals surface area (Å²) in [7, 11) is 0. The van der Waals surface area contributed by atoms with Crippen LogP contribution in [0, 0.1) is 10.8 Å². The van der Waals surface area contributed by atoms with Crippen molar-refractivity contribution >= 4 is 5.91 Å². The van der Waals surface area contributed by atoms with E-state index in [4.69, 9.17) is 0 Å². The monoisotopic (exact) mass is 252 g/mol. The van der Waals surface area contributed by atoms with Gasteiger partial charge in [0.1, 0.15) is 0 Å². The van der Waals surface area contributed by atoms with Crippen LogP contribution in [0.25, 0.3) is 0 Å². The minimum Gasteiger partial charge on any atom is -0.337 e. The first-order chi connectivity index (χ1) is 8.34. The summed E-state index contributed by atoms with van der Waals surface area (Å²) in [6.07, 6.45) is 3.23. The lowest BCUT2D eigenvalue weighted by Crippen LogP contribution is -2.52. The molecule has 1 saturated carbocycles. The maximum absolute atomic E-state index is 12.6. The van der Waals surface area contributed by atoms with E-state index in [0.29, 0.717) is 11.9 Å². The Morgan fingerprint density at radius 2 is 1.89 bits per heavy atom. The van der Waals surface area contributed by atoms with Gasteiger partial charge in [0.05, 0.1) is 6.04 Å². The summed E-state index contributed by atoms with van der Waals surface area (Å²) in [4.78, 5) is 14.7. The number of nitrogens with zero attached hydrogens (tertiary/aromatic N) is 1. The topological polar surface area (TPSA) is 32.3 Å². The number of hydrogen-bond acceptors (Lipinski definition) is 2. The molecule has 1 amide bonds. The Labute approximate surface area is 111 Å². The molecule has 0 bridgehead atoms. The van der Waals surface area contributed by atoms with Crippen LogP contribution in [0.4, 0.5) is 0 Å². The molecular formula is C15H28N2O. The van der Waals surface area contributed by atoms with Gasteiger partial charge in [-0.05, 0) is 36.6 Å². The molecule has 104 valence electrons. The Balaban J connectivity index is 2.04. The highest BCUT2D eigenvalue weighted by Gasteiger charge is 2.68. The summed E-state index contributed by atoms with van der Waals surface area (Å²) < 4.78 is 0. The van der Waals surface area contributed by atoms with Gasteiger partial charge in [-0.3, -0.25) is 4.79 Å². The van der Waals surface area contributed by atoms with Crippen LogP contribution in [-0.4, -0.2) is 36.0 Å². The van der Waals surface area contributed by atoms with Crippen LogP contribution in [0.2, 0.25) is 0 Å². The highest BCUT2D eigenvalue weighted by Crippen LogP contribution is 2.65. The van der Waals surface area contributed by atoms with Crippen LogP contribution >= 0.6 is 0 Å². The number of likely N-dealkylation sites (tertiary alicyclic amines) is 1. The van der Waals surface area contributed by atoms with Crippen molar-refractivity contribution in [3.8, 4) is 0 Å². The zero-order valence-corrected chi connectivity index (χ0v) is 12.5. The Morgan fingerprint density at radius 1 is 1.28 bits per heavy atom. The predicted molar refractivity (Wildman–Crippen MR) is 74.4 cm³/mol. The standard InChI is InChI=1S/C15H28N2O/c1-6-9-16-11-8-7-10-17(12(11)18)13-14(2,3)15(13,4)5/h11,13,16H,6-10H2,1-5H3. The molecule has 0 aromatic heterocycles. The molecule has 1 heterocycles. The lowest BCUT2D eigenvalue weighted by Gasteiger charge is -2.34. The first-order valence-electron chi connectivity index (χ1n) is 7.38. The van der Waals surface area contributed by atoms with Crippen LogP contribution in [-0.2, 0) is 4.79 Å². The van der Waals surface area contributed by atoms with Gasteiger partial charge in [-0.1, -0.05) is 34.6 Å². The third-order valence-corrected chi connectivity index (χ3v) is 5.37. The summed E-state index contributed by atoms with van der Waals surface area (Å²) >= 11 is 0.